The molecule has 0 atom stereocenters. The lowest BCUT2D eigenvalue weighted by Crippen LogP contribution is -1.95. The molecule has 0 bridgehead atoms. The minimum atomic E-state index is 1.12. The van der Waals surface area contributed by atoms with Crippen molar-refractivity contribution >= 4 is 192 Å². The Hall–Kier alpha value is -15.2. The summed E-state index contributed by atoms with van der Waals surface area (Å²) < 4.78 is 7.71. The highest BCUT2D eigenvalue weighted by atomic mass is 32.1. The van der Waals surface area contributed by atoms with E-state index in [1.807, 2.05) is 40.1 Å². The fourth-order valence-corrected chi connectivity index (χ4v) is 24.8. The molecule has 0 unspecified atom stereocenters. The first-order valence-electron chi connectivity index (χ1n) is 43.4. The number of benzene rings is 22. The van der Waals surface area contributed by atoms with Gasteiger partial charge in [0.25, 0.3) is 0 Å². The Morgan fingerprint density at radius 2 is 0.548 bits per heavy atom. The van der Waals surface area contributed by atoms with Crippen LogP contribution in [0.25, 0.3) is 258 Å². The molecule has 0 aliphatic heterocycles. The van der Waals surface area contributed by atoms with E-state index in [-0.39, 0.29) is 0 Å². The molecule has 0 saturated heterocycles. The molecule has 3 heteroatoms. The second-order valence-electron chi connectivity index (χ2n) is 33.4. The van der Waals surface area contributed by atoms with Crippen LogP contribution in [0.2, 0.25) is 0 Å². The highest BCUT2D eigenvalue weighted by Gasteiger charge is 2.28. The predicted molar refractivity (Wildman–Crippen MR) is 552 cm³/mol. The largest absolute Gasteiger partial charge is 0.135 e. The van der Waals surface area contributed by atoms with Gasteiger partial charge in [0.05, 0.1) is 0 Å². The first-order valence-corrected chi connectivity index (χ1v) is 45.8. The van der Waals surface area contributed by atoms with Crippen molar-refractivity contribution in [3.63, 3.8) is 0 Å². The van der Waals surface area contributed by atoms with E-state index in [2.05, 4.69) is 438 Å². The summed E-state index contributed by atoms with van der Waals surface area (Å²) in [5.41, 5.74) is 26.7. The van der Waals surface area contributed by atoms with E-state index >= 15 is 0 Å². The van der Waals surface area contributed by atoms with Gasteiger partial charge in [-0.2, -0.15) is 0 Å². The van der Waals surface area contributed by atoms with Crippen LogP contribution in [0.5, 0.6) is 0 Å². The van der Waals surface area contributed by atoms with Crippen LogP contribution >= 0.6 is 34.0 Å². The van der Waals surface area contributed by atoms with Crippen molar-refractivity contribution in [1.82, 2.24) is 0 Å². The topological polar surface area (TPSA) is 0 Å². The van der Waals surface area contributed by atoms with E-state index in [1.165, 1.54) is 264 Å². The molecule has 0 saturated carbocycles. The second kappa shape index (κ2) is 29.8. The summed E-state index contributed by atoms with van der Waals surface area (Å²) >= 11 is 5.69. The molecule has 0 amide bonds. The third-order valence-corrected chi connectivity index (χ3v) is 30.2. The lowest BCUT2D eigenvalue weighted by molar-refractivity contribution is 1.60. The molecular weight excluding hydrogens is 1570 g/mol. The zero-order valence-corrected chi connectivity index (χ0v) is 71.4. The van der Waals surface area contributed by atoms with Crippen molar-refractivity contribution in [2.75, 3.05) is 0 Å². The number of rotatable bonds is 13. The summed E-state index contributed by atoms with van der Waals surface area (Å²) in [5.74, 6) is 0. The van der Waals surface area contributed by atoms with Crippen molar-refractivity contribution in [3.05, 3.63) is 448 Å². The highest BCUT2D eigenvalue weighted by molar-refractivity contribution is 7.27. The fraction of sp³-hybridized carbons (Fsp3) is 0.00813. The van der Waals surface area contributed by atoms with Gasteiger partial charge in [-0.3, -0.25) is 0 Å². The summed E-state index contributed by atoms with van der Waals surface area (Å²) in [5, 5.41) is 27.3. The molecule has 0 fully saturated rings. The summed E-state index contributed by atoms with van der Waals surface area (Å²) in [6.07, 6.45) is 6.51. The van der Waals surface area contributed by atoms with Crippen molar-refractivity contribution in [2.24, 2.45) is 0 Å². The van der Waals surface area contributed by atoms with Gasteiger partial charge >= 0.3 is 0 Å². The molecule has 25 rings (SSSR count). The van der Waals surface area contributed by atoms with Crippen LogP contribution in [-0.2, 0) is 0 Å². The van der Waals surface area contributed by atoms with Gasteiger partial charge in [0.1, 0.15) is 0 Å². The normalized spacial score (nSPS) is 12.3. The van der Waals surface area contributed by atoms with Crippen LogP contribution in [0.1, 0.15) is 18.1 Å². The summed E-state index contributed by atoms with van der Waals surface area (Å²) in [4.78, 5) is 0. The maximum absolute atomic E-state index is 4.31. The van der Waals surface area contributed by atoms with Crippen LogP contribution in [0.3, 0.4) is 0 Å². The molecule has 0 radical (unpaired) electrons. The standard InChI is InChI=1S/C123H76S3/c1-3-29-82(72-74(2)83-51-26-32-77-30-4-6-34-84(77)83)114-91-38-10-14-42-95(91)117(96-43-15-11-39-92(96)114)107-71-69-87(123-121(107)104-50-22-25-56-111(104)126-123)81-66-67-101(108(73-81)88-52-27-33-78-31-5-7-35-85(78)88)115-97-44-16-18-46-99(97)118(100-47-19-17-45-98(100)115)106-70-68-86(122-120(106)103-49-21-24-55-110(103)125-122)79-62-58-75(59-63-79)76-60-64-80(65-61-76)113-89-36-8-12-40-93(89)116(94-41-13-9-37-90(94)113)105-53-28-57-112-119(105)102-48-20-23-54-109(102)124-112/h3-73H,1H2,2H3/b74-72+,82-29+. The Bertz CT molecular complexity index is 8800. The van der Waals surface area contributed by atoms with Gasteiger partial charge in [-0.15, -0.1) is 34.0 Å². The van der Waals surface area contributed by atoms with Crippen LogP contribution in [0.15, 0.2) is 437 Å². The number of hydrogen-bond donors (Lipinski definition) is 0. The average Bonchev–Trinajstić information content (AvgIpc) is 1.60. The maximum Gasteiger partial charge on any atom is 0.0440 e. The molecule has 22 aromatic carbocycles. The zero-order valence-electron chi connectivity index (χ0n) is 68.9. The van der Waals surface area contributed by atoms with Crippen molar-refractivity contribution in [1.29, 1.82) is 0 Å². The van der Waals surface area contributed by atoms with Crippen LogP contribution < -0.4 is 0 Å². The molecule has 0 spiro atoms. The minimum Gasteiger partial charge on any atom is -0.135 e. The number of allylic oxidation sites excluding steroid dienone is 5. The summed E-state index contributed by atoms with van der Waals surface area (Å²) in [7, 11) is 0. The van der Waals surface area contributed by atoms with Gasteiger partial charge in [0.2, 0.25) is 0 Å². The van der Waals surface area contributed by atoms with E-state index in [1.54, 1.807) is 0 Å². The second-order valence-corrected chi connectivity index (χ2v) is 36.6. The Labute approximate surface area is 741 Å². The minimum absolute atomic E-state index is 1.12. The molecule has 0 aliphatic carbocycles. The fourth-order valence-electron chi connectivity index (χ4n) is 21.2. The summed E-state index contributed by atoms with van der Waals surface area (Å²) in [6.45, 7) is 6.56. The Balaban J connectivity index is 0.613. The van der Waals surface area contributed by atoms with E-state index in [0.717, 1.165) is 5.57 Å². The Morgan fingerprint density at radius 1 is 0.222 bits per heavy atom. The number of thiophene rings is 3. The average molecular weight is 1650 g/mol. The van der Waals surface area contributed by atoms with Gasteiger partial charge in [-0.25, -0.2) is 0 Å². The Morgan fingerprint density at radius 3 is 1.06 bits per heavy atom. The molecule has 0 N–H and O–H groups in total. The van der Waals surface area contributed by atoms with E-state index in [4.69, 9.17) is 0 Å². The first kappa shape index (κ1) is 73.5. The molecule has 3 heterocycles. The van der Waals surface area contributed by atoms with E-state index in [9.17, 15) is 0 Å². The van der Waals surface area contributed by atoms with Gasteiger partial charge in [0.15, 0.2) is 0 Å². The van der Waals surface area contributed by atoms with Crippen LogP contribution in [-0.4, -0.2) is 0 Å². The number of fused-ring (bicyclic) bond motifs is 17. The third-order valence-electron chi connectivity index (χ3n) is 26.6. The maximum atomic E-state index is 4.31. The SMILES string of the molecule is C=C/C=C(\C=C(/C)c1cccc2ccccc12)c1c2ccccc2c(-c2ccc(-c3ccc(-c4c5ccccc5c(-c5ccc(-c6ccc(-c7ccc(-c8c9ccccc9c(-c9cccc%10sc%11ccccc%11c9%10)c9ccccc89)cc7)cc6)c6sc7ccccc7c56)c5ccccc45)c(-c4cccc5ccccc45)c3)c3sc4ccccc4c23)c2ccccc12. The molecule has 126 heavy (non-hydrogen) atoms. The molecular formula is C123H76S3. The lowest BCUT2D eigenvalue weighted by Gasteiger charge is -2.22. The van der Waals surface area contributed by atoms with E-state index in [0.29, 0.717) is 0 Å². The van der Waals surface area contributed by atoms with Crippen molar-refractivity contribution in [2.45, 2.75) is 6.92 Å². The van der Waals surface area contributed by atoms with Crippen molar-refractivity contribution < 1.29 is 0 Å². The lowest BCUT2D eigenvalue weighted by atomic mass is 9.81. The van der Waals surface area contributed by atoms with E-state index < -0.39 is 0 Å². The quantitative estimate of drug-likeness (QED) is 0.0797. The summed E-state index contributed by atoms with van der Waals surface area (Å²) in [6, 6.07) is 155. The predicted octanol–water partition coefficient (Wildman–Crippen LogP) is 36.7. The van der Waals surface area contributed by atoms with Crippen molar-refractivity contribution in [3.8, 4) is 100 Å². The van der Waals surface area contributed by atoms with Crippen LogP contribution in [0.4, 0.5) is 0 Å². The zero-order chi connectivity index (χ0) is 83.2. The third kappa shape index (κ3) is 11.6. The molecule has 586 valence electrons. The highest BCUT2D eigenvalue weighted by Crippen LogP contribution is 2.56. The molecule has 0 nitrogen and oxygen atoms in total. The molecule has 0 aliphatic rings. The van der Waals surface area contributed by atoms with Crippen LogP contribution in [0, 0.1) is 0 Å². The molecule has 25 aromatic rings. The Kier molecular flexibility index (Phi) is 17.4. The van der Waals surface area contributed by atoms with Gasteiger partial charge in [0, 0.05) is 60.5 Å². The monoisotopic (exact) mass is 1650 g/mol. The van der Waals surface area contributed by atoms with Gasteiger partial charge in [-0.1, -0.05) is 407 Å². The number of hydrogen-bond acceptors (Lipinski definition) is 3. The molecule has 3 aromatic heterocycles. The smallest absolute Gasteiger partial charge is 0.0440 e. The van der Waals surface area contributed by atoms with Gasteiger partial charge in [-0.05, 0) is 246 Å². The first-order chi connectivity index (χ1) is 62.4. The van der Waals surface area contributed by atoms with Gasteiger partial charge < -0.3 is 0 Å².